The highest BCUT2D eigenvalue weighted by Crippen LogP contribution is 2.37. The number of alkyl halides is 3. The van der Waals surface area contributed by atoms with E-state index in [1.165, 1.54) is 4.90 Å². The number of piperidine rings is 1. The number of aliphatic hydroxyl groups is 1. The lowest BCUT2D eigenvalue weighted by Gasteiger charge is -2.44. The first-order valence-electron chi connectivity index (χ1n) is 11.2. The molecular weight excluding hydrogens is 435 g/mol. The van der Waals surface area contributed by atoms with Crippen LogP contribution >= 0.6 is 0 Å². The van der Waals surface area contributed by atoms with Gasteiger partial charge in [-0.05, 0) is 50.8 Å². The summed E-state index contributed by atoms with van der Waals surface area (Å²) in [6.45, 7) is 7.79. The number of β-amino-alcohol motifs (C(OH)–C–C–N with tert-alkyl or cyclic N) is 1. The Morgan fingerprint density at radius 1 is 1.27 bits per heavy atom. The second kappa shape index (κ2) is 9.08. The van der Waals surface area contributed by atoms with Gasteiger partial charge in [-0.25, -0.2) is 4.98 Å². The van der Waals surface area contributed by atoms with Crippen molar-refractivity contribution in [2.75, 3.05) is 36.5 Å². The number of halogens is 3. The van der Waals surface area contributed by atoms with Crippen LogP contribution in [0.15, 0.2) is 24.4 Å². The second-order valence-electron chi connectivity index (χ2n) is 9.20. The molecule has 0 aliphatic carbocycles. The van der Waals surface area contributed by atoms with Gasteiger partial charge in [0.05, 0.1) is 24.9 Å². The zero-order valence-electron chi connectivity index (χ0n) is 19.0. The first-order chi connectivity index (χ1) is 15.6. The first kappa shape index (κ1) is 23.7. The van der Waals surface area contributed by atoms with Crippen LogP contribution in [0, 0.1) is 6.92 Å². The normalized spacial score (nSPS) is 20.6. The van der Waals surface area contributed by atoms with Crippen LogP contribution in [0.5, 0.6) is 0 Å². The van der Waals surface area contributed by atoms with E-state index >= 15 is 0 Å². The Bertz CT molecular complexity index is 995. The van der Waals surface area contributed by atoms with Crippen LogP contribution in [0.1, 0.15) is 43.4 Å². The second-order valence-corrected chi connectivity index (χ2v) is 9.20. The summed E-state index contributed by atoms with van der Waals surface area (Å²) in [6.07, 6.45) is -3.29. The van der Waals surface area contributed by atoms with Crippen molar-refractivity contribution in [1.29, 1.82) is 0 Å². The SMILES string of the molecule is Cc1cc(C2(NC(C)C)COC2)ccc1Nc1ncc(C(F)(F)F)c(N2CCCC(O)C2)n1. The van der Waals surface area contributed by atoms with Crippen LogP contribution < -0.4 is 15.5 Å². The number of hydrogen-bond acceptors (Lipinski definition) is 7. The van der Waals surface area contributed by atoms with Crippen molar-refractivity contribution in [3.8, 4) is 0 Å². The van der Waals surface area contributed by atoms with Crippen LogP contribution in [0.2, 0.25) is 0 Å². The standard InChI is InChI=1S/C23H30F3N5O2/c1-14(2)30-22(12-33-13-22)16-6-7-19(15(3)9-16)28-21-27-10-18(23(24,25)26)20(29-21)31-8-4-5-17(32)11-31/h6-7,9-10,14,17,30,32H,4-5,8,11-13H2,1-3H3,(H,27,28,29). The quantitative estimate of drug-likeness (QED) is 0.600. The van der Waals surface area contributed by atoms with Gasteiger partial charge in [0, 0.05) is 31.0 Å². The molecule has 1 atom stereocenters. The molecule has 33 heavy (non-hydrogen) atoms. The predicted molar refractivity (Wildman–Crippen MR) is 120 cm³/mol. The van der Waals surface area contributed by atoms with Crippen LogP contribution in [-0.4, -0.2) is 53.5 Å². The van der Waals surface area contributed by atoms with Crippen molar-refractivity contribution in [2.24, 2.45) is 0 Å². The Kier molecular flexibility index (Phi) is 6.52. The van der Waals surface area contributed by atoms with Gasteiger partial charge in [-0.15, -0.1) is 0 Å². The summed E-state index contributed by atoms with van der Waals surface area (Å²) in [5, 5.41) is 16.6. The maximum absolute atomic E-state index is 13.6. The summed E-state index contributed by atoms with van der Waals surface area (Å²) in [5.41, 5.74) is 1.60. The number of hydrogen-bond donors (Lipinski definition) is 3. The topological polar surface area (TPSA) is 82.5 Å². The van der Waals surface area contributed by atoms with Gasteiger partial charge in [-0.3, -0.25) is 0 Å². The lowest BCUT2D eigenvalue weighted by atomic mass is 9.86. The average molecular weight is 466 g/mol. The van der Waals surface area contributed by atoms with Gasteiger partial charge in [0.2, 0.25) is 5.95 Å². The highest BCUT2D eigenvalue weighted by Gasteiger charge is 2.41. The minimum Gasteiger partial charge on any atom is -0.391 e. The molecule has 7 nitrogen and oxygen atoms in total. The van der Waals surface area contributed by atoms with Crippen LogP contribution in [0.4, 0.5) is 30.6 Å². The van der Waals surface area contributed by atoms with E-state index in [0.29, 0.717) is 44.3 Å². The third-order valence-corrected chi connectivity index (χ3v) is 6.06. The summed E-state index contributed by atoms with van der Waals surface area (Å²) in [7, 11) is 0. The molecule has 2 aliphatic rings. The molecule has 0 spiro atoms. The van der Waals surface area contributed by atoms with E-state index in [2.05, 4.69) is 34.4 Å². The van der Waals surface area contributed by atoms with Crippen molar-refractivity contribution >= 4 is 17.5 Å². The van der Waals surface area contributed by atoms with Crippen molar-refractivity contribution in [3.63, 3.8) is 0 Å². The first-order valence-corrected chi connectivity index (χ1v) is 11.2. The van der Waals surface area contributed by atoms with Crippen molar-refractivity contribution in [1.82, 2.24) is 15.3 Å². The van der Waals surface area contributed by atoms with Crippen LogP contribution in [0.3, 0.4) is 0 Å². The maximum atomic E-state index is 13.6. The predicted octanol–water partition coefficient (Wildman–Crippen LogP) is 3.73. The third-order valence-electron chi connectivity index (χ3n) is 6.06. The number of aromatic nitrogens is 2. The molecule has 2 fully saturated rings. The summed E-state index contributed by atoms with van der Waals surface area (Å²) >= 11 is 0. The fourth-order valence-corrected chi connectivity index (χ4v) is 4.44. The van der Waals surface area contributed by atoms with Gasteiger partial charge >= 0.3 is 6.18 Å². The van der Waals surface area contributed by atoms with E-state index in [1.54, 1.807) is 0 Å². The molecule has 3 N–H and O–H groups in total. The fraction of sp³-hybridized carbons (Fsp3) is 0.565. The molecule has 0 radical (unpaired) electrons. The Hall–Kier alpha value is -2.43. The molecule has 0 saturated carbocycles. The van der Waals surface area contributed by atoms with Crippen molar-refractivity contribution < 1.29 is 23.0 Å². The van der Waals surface area contributed by atoms with Gasteiger partial charge in [-0.1, -0.05) is 12.1 Å². The molecule has 0 bridgehead atoms. The number of ether oxygens (including phenoxy) is 1. The minimum absolute atomic E-state index is 0.0795. The lowest BCUT2D eigenvalue weighted by molar-refractivity contribution is -0.137. The number of aliphatic hydroxyl groups excluding tert-OH is 1. The minimum atomic E-state index is -4.59. The van der Waals surface area contributed by atoms with Gasteiger partial charge < -0.3 is 25.4 Å². The molecule has 1 aromatic carbocycles. The van der Waals surface area contributed by atoms with Crippen molar-refractivity contribution in [3.05, 3.63) is 41.1 Å². The van der Waals surface area contributed by atoms with E-state index in [1.807, 2.05) is 25.1 Å². The number of rotatable bonds is 6. The molecule has 1 aromatic heterocycles. The summed E-state index contributed by atoms with van der Waals surface area (Å²) in [6, 6.07) is 6.21. The van der Waals surface area contributed by atoms with E-state index in [4.69, 9.17) is 4.74 Å². The molecule has 2 aliphatic heterocycles. The van der Waals surface area contributed by atoms with E-state index in [-0.39, 0.29) is 23.8 Å². The fourth-order valence-electron chi connectivity index (χ4n) is 4.44. The maximum Gasteiger partial charge on any atom is 0.421 e. The summed E-state index contributed by atoms with van der Waals surface area (Å²) in [4.78, 5) is 9.63. The molecule has 3 heterocycles. The van der Waals surface area contributed by atoms with Gasteiger partial charge in [-0.2, -0.15) is 18.2 Å². The highest BCUT2D eigenvalue weighted by molar-refractivity contribution is 5.62. The summed E-state index contributed by atoms with van der Waals surface area (Å²) in [5.74, 6) is -0.129. The molecule has 2 aromatic rings. The Labute approximate surface area is 191 Å². The van der Waals surface area contributed by atoms with Crippen LogP contribution in [0.25, 0.3) is 0 Å². The monoisotopic (exact) mass is 465 g/mol. The number of nitrogens with zero attached hydrogens (tertiary/aromatic N) is 3. The highest BCUT2D eigenvalue weighted by atomic mass is 19.4. The van der Waals surface area contributed by atoms with Gasteiger partial charge in [0.15, 0.2) is 0 Å². The van der Waals surface area contributed by atoms with Crippen molar-refractivity contribution in [2.45, 2.75) is 57.5 Å². The molecule has 10 heteroatoms. The molecule has 2 saturated heterocycles. The molecule has 4 rings (SSSR count). The smallest absolute Gasteiger partial charge is 0.391 e. The number of nitrogens with one attached hydrogen (secondary N) is 2. The molecule has 180 valence electrons. The zero-order valence-corrected chi connectivity index (χ0v) is 19.0. The molecular formula is C23H30F3N5O2. The average Bonchev–Trinajstić information content (AvgIpc) is 2.71. The number of benzene rings is 1. The van der Waals surface area contributed by atoms with Crippen LogP contribution in [-0.2, 0) is 16.5 Å². The van der Waals surface area contributed by atoms with Gasteiger partial charge in [0.25, 0.3) is 0 Å². The number of anilines is 3. The Balaban J connectivity index is 1.60. The zero-order chi connectivity index (χ0) is 23.8. The Morgan fingerprint density at radius 3 is 2.61 bits per heavy atom. The van der Waals surface area contributed by atoms with E-state index in [9.17, 15) is 18.3 Å². The lowest BCUT2D eigenvalue weighted by Crippen LogP contribution is -2.59. The van der Waals surface area contributed by atoms with E-state index in [0.717, 1.165) is 17.3 Å². The molecule has 1 unspecified atom stereocenters. The summed E-state index contributed by atoms with van der Waals surface area (Å²) < 4.78 is 46.3. The Morgan fingerprint density at radius 2 is 2.03 bits per heavy atom. The van der Waals surface area contributed by atoms with E-state index < -0.39 is 17.8 Å². The van der Waals surface area contributed by atoms with Gasteiger partial charge in [0.1, 0.15) is 11.4 Å². The largest absolute Gasteiger partial charge is 0.421 e. The molecule has 0 amide bonds. The third kappa shape index (κ3) is 5.07. The number of aryl methyl sites for hydroxylation is 1.